The number of ether oxygens (including phenoxy) is 2. The average molecular weight is 499 g/mol. The highest BCUT2D eigenvalue weighted by Crippen LogP contribution is 2.24. The van der Waals surface area contributed by atoms with Crippen molar-refractivity contribution in [1.82, 2.24) is 4.72 Å². The molecule has 2 aromatic rings. The minimum absolute atomic E-state index is 0.0344. The molecule has 1 amide bonds. The number of hydrogen-bond donors (Lipinski definition) is 2. The Balaban J connectivity index is 1.60. The summed E-state index contributed by atoms with van der Waals surface area (Å²) in [7, 11) is -3.96. The van der Waals surface area contributed by atoms with Gasteiger partial charge in [-0.2, -0.15) is 0 Å². The molecular weight excluding hydrogens is 476 g/mol. The zero-order valence-corrected chi connectivity index (χ0v) is 19.7. The molecule has 0 aromatic heterocycles. The summed E-state index contributed by atoms with van der Waals surface area (Å²) < 4.78 is 38.2. The summed E-state index contributed by atoms with van der Waals surface area (Å²) >= 11 is 7.59. The maximum Gasteiger partial charge on any atom is 0.338 e. The Hall–Kier alpha value is -2.11. The monoisotopic (exact) mass is 498 g/mol. The molecule has 1 atom stereocenters. The number of carbonyl (C=O) groups excluding carboxylic acids is 2. The number of esters is 1. The molecule has 2 aromatic carbocycles. The molecular formula is C21H23ClN2O6S2. The molecule has 1 aliphatic rings. The molecule has 0 bridgehead atoms. The standard InChI is InChI=1S/C21H23ClN2O6S2/c1-31-17-6-2-4-15(11-17)24-20(25)13-30-21(26)14-7-8-18(22)19(10-14)32(27,28)23-12-16-5-3-9-29-16/h2,4,6-8,10-11,16,23H,3,5,9,12-13H2,1H3,(H,24,25). The van der Waals surface area contributed by atoms with E-state index in [0.717, 1.165) is 23.8 Å². The lowest BCUT2D eigenvalue weighted by atomic mass is 10.2. The van der Waals surface area contributed by atoms with E-state index in [1.807, 2.05) is 12.3 Å². The molecule has 1 saturated heterocycles. The van der Waals surface area contributed by atoms with Crippen molar-refractivity contribution in [3.63, 3.8) is 0 Å². The second-order valence-corrected chi connectivity index (χ2v) is 10.0. The van der Waals surface area contributed by atoms with E-state index < -0.39 is 28.5 Å². The van der Waals surface area contributed by atoms with Crippen LogP contribution in [0.2, 0.25) is 5.02 Å². The molecule has 2 N–H and O–H groups in total. The Bertz CT molecular complexity index is 1090. The molecule has 1 heterocycles. The number of rotatable bonds is 9. The highest BCUT2D eigenvalue weighted by atomic mass is 35.5. The van der Waals surface area contributed by atoms with Crippen LogP contribution >= 0.6 is 23.4 Å². The maximum absolute atomic E-state index is 12.6. The minimum atomic E-state index is -3.96. The van der Waals surface area contributed by atoms with Gasteiger partial charge in [-0.25, -0.2) is 17.9 Å². The third-order valence-corrected chi connectivity index (χ3v) is 7.30. The Morgan fingerprint density at radius 1 is 1.25 bits per heavy atom. The first-order valence-corrected chi connectivity index (χ1v) is 12.9. The fourth-order valence-electron chi connectivity index (χ4n) is 3.03. The van der Waals surface area contributed by atoms with Crippen LogP contribution in [-0.4, -0.2) is 52.4 Å². The van der Waals surface area contributed by atoms with E-state index in [0.29, 0.717) is 12.3 Å². The smallest absolute Gasteiger partial charge is 0.338 e. The summed E-state index contributed by atoms with van der Waals surface area (Å²) in [6.07, 6.45) is 3.38. The molecule has 0 saturated carbocycles. The number of anilines is 1. The van der Waals surface area contributed by atoms with Crippen LogP contribution in [0.15, 0.2) is 52.3 Å². The van der Waals surface area contributed by atoms with Crippen LogP contribution in [0.1, 0.15) is 23.2 Å². The van der Waals surface area contributed by atoms with Crippen LogP contribution in [0.3, 0.4) is 0 Å². The van der Waals surface area contributed by atoms with Crippen molar-refractivity contribution in [1.29, 1.82) is 0 Å². The van der Waals surface area contributed by atoms with Gasteiger partial charge in [0.25, 0.3) is 5.91 Å². The van der Waals surface area contributed by atoms with Gasteiger partial charge >= 0.3 is 5.97 Å². The number of thioether (sulfide) groups is 1. The lowest BCUT2D eigenvalue weighted by Gasteiger charge is -2.13. The number of carbonyl (C=O) groups is 2. The minimum Gasteiger partial charge on any atom is -0.452 e. The zero-order chi connectivity index (χ0) is 23.1. The Morgan fingerprint density at radius 2 is 2.06 bits per heavy atom. The van der Waals surface area contributed by atoms with Gasteiger partial charge in [0.15, 0.2) is 6.61 Å². The normalized spacial score (nSPS) is 16.0. The van der Waals surface area contributed by atoms with Gasteiger partial charge in [0, 0.05) is 23.7 Å². The fraction of sp³-hybridized carbons (Fsp3) is 0.333. The van der Waals surface area contributed by atoms with Gasteiger partial charge in [-0.3, -0.25) is 4.79 Å². The van der Waals surface area contributed by atoms with E-state index >= 15 is 0 Å². The Labute approximate surface area is 196 Å². The largest absolute Gasteiger partial charge is 0.452 e. The molecule has 172 valence electrons. The van der Waals surface area contributed by atoms with Gasteiger partial charge < -0.3 is 14.8 Å². The molecule has 1 fully saturated rings. The molecule has 1 aliphatic heterocycles. The molecule has 1 unspecified atom stereocenters. The lowest BCUT2D eigenvalue weighted by Crippen LogP contribution is -2.32. The lowest BCUT2D eigenvalue weighted by molar-refractivity contribution is -0.119. The van der Waals surface area contributed by atoms with Crippen LogP contribution in [-0.2, 0) is 24.3 Å². The maximum atomic E-state index is 12.6. The summed E-state index contributed by atoms with van der Waals surface area (Å²) in [5, 5.41) is 2.61. The SMILES string of the molecule is CSc1cccc(NC(=O)COC(=O)c2ccc(Cl)c(S(=O)(=O)NCC3CCCO3)c2)c1. The van der Waals surface area contributed by atoms with Crippen molar-refractivity contribution in [2.75, 3.05) is 31.3 Å². The van der Waals surface area contributed by atoms with Crippen molar-refractivity contribution in [2.24, 2.45) is 0 Å². The Kier molecular flexibility index (Phi) is 8.55. The van der Waals surface area contributed by atoms with E-state index in [1.54, 1.807) is 18.2 Å². The Morgan fingerprint density at radius 3 is 2.78 bits per heavy atom. The van der Waals surface area contributed by atoms with Gasteiger partial charge in [-0.05, 0) is 55.5 Å². The first-order valence-electron chi connectivity index (χ1n) is 9.80. The highest BCUT2D eigenvalue weighted by Gasteiger charge is 2.24. The van der Waals surface area contributed by atoms with E-state index in [4.69, 9.17) is 21.1 Å². The van der Waals surface area contributed by atoms with E-state index in [1.165, 1.54) is 23.9 Å². The number of sulfonamides is 1. The summed E-state index contributed by atoms with van der Waals surface area (Å²) in [4.78, 5) is 25.2. The molecule has 8 nitrogen and oxygen atoms in total. The second-order valence-electron chi connectivity index (χ2n) is 6.99. The number of amides is 1. The van der Waals surface area contributed by atoms with Crippen LogP contribution in [0.5, 0.6) is 0 Å². The van der Waals surface area contributed by atoms with Gasteiger partial charge in [-0.1, -0.05) is 17.7 Å². The van der Waals surface area contributed by atoms with Gasteiger partial charge in [0.1, 0.15) is 4.90 Å². The van der Waals surface area contributed by atoms with Crippen LogP contribution in [0.25, 0.3) is 0 Å². The van der Waals surface area contributed by atoms with Crippen molar-refractivity contribution in [3.8, 4) is 0 Å². The molecule has 0 spiro atoms. The first-order chi connectivity index (χ1) is 15.3. The van der Waals surface area contributed by atoms with Crippen molar-refractivity contribution in [3.05, 3.63) is 53.1 Å². The second kappa shape index (κ2) is 11.2. The number of benzene rings is 2. The summed E-state index contributed by atoms with van der Waals surface area (Å²) in [6.45, 7) is 0.195. The molecule has 11 heteroatoms. The van der Waals surface area contributed by atoms with Crippen LogP contribution in [0.4, 0.5) is 5.69 Å². The number of hydrogen-bond acceptors (Lipinski definition) is 7. The third kappa shape index (κ3) is 6.69. The van der Waals surface area contributed by atoms with Crippen molar-refractivity contribution >= 4 is 50.9 Å². The van der Waals surface area contributed by atoms with Crippen LogP contribution < -0.4 is 10.0 Å². The van der Waals surface area contributed by atoms with E-state index in [-0.39, 0.29) is 28.1 Å². The quantitative estimate of drug-likeness (QED) is 0.403. The molecule has 3 rings (SSSR count). The predicted molar refractivity (Wildman–Crippen MR) is 123 cm³/mol. The fourth-order valence-corrected chi connectivity index (χ4v) is 5.08. The van der Waals surface area contributed by atoms with Gasteiger partial charge in [0.05, 0.1) is 16.7 Å². The topological polar surface area (TPSA) is 111 Å². The van der Waals surface area contributed by atoms with E-state index in [9.17, 15) is 18.0 Å². The average Bonchev–Trinajstić information content (AvgIpc) is 3.30. The third-order valence-electron chi connectivity index (χ3n) is 4.67. The number of nitrogens with one attached hydrogen (secondary N) is 2. The molecule has 0 aliphatic carbocycles. The van der Waals surface area contributed by atoms with Crippen LogP contribution in [0, 0.1) is 0 Å². The van der Waals surface area contributed by atoms with Crippen molar-refractivity contribution in [2.45, 2.75) is 28.7 Å². The van der Waals surface area contributed by atoms with Gasteiger partial charge in [0.2, 0.25) is 10.0 Å². The van der Waals surface area contributed by atoms with Gasteiger partial charge in [-0.15, -0.1) is 11.8 Å². The summed E-state index contributed by atoms with van der Waals surface area (Å²) in [5.41, 5.74) is 0.541. The van der Waals surface area contributed by atoms with Crippen molar-refractivity contribution < 1.29 is 27.5 Å². The molecule has 0 radical (unpaired) electrons. The summed E-state index contributed by atoms with van der Waals surface area (Å²) in [6, 6.07) is 11.0. The zero-order valence-electron chi connectivity index (χ0n) is 17.3. The summed E-state index contributed by atoms with van der Waals surface area (Å²) in [5.74, 6) is -1.36. The number of halogens is 1. The highest BCUT2D eigenvalue weighted by molar-refractivity contribution is 7.98. The predicted octanol–water partition coefficient (Wildman–Crippen LogP) is 3.31. The van der Waals surface area contributed by atoms with E-state index in [2.05, 4.69) is 10.0 Å². The molecule has 32 heavy (non-hydrogen) atoms. The first kappa shape index (κ1) is 24.5.